The molecule has 8 heteroatoms. The fraction of sp³-hybridized carbons (Fsp3) is 0.250. The molecule has 0 spiro atoms. The van der Waals surface area contributed by atoms with Gasteiger partial charge in [0, 0.05) is 12.1 Å². The van der Waals surface area contributed by atoms with Gasteiger partial charge in [-0.2, -0.15) is 8.42 Å². The van der Waals surface area contributed by atoms with Crippen LogP contribution in [0, 0.1) is 6.92 Å². The van der Waals surface area contributed by atoms with Crippen LogP contribution in [0.2, 0.25) is 0 Å². The number of fused-ring (bicyclic) bond motifs is 2. The summed E-state index contributed by atoms with van der Waals surface area (Å²) in [5.41, 5.74) is 11.4. The summed E-state index contributed by atoms with van der Waals surface area (Å²) in [4.78, 5) is 14.8. The largest absolute Gasteiger partial charge is 0.488 e. The van der Waals surface area contributed by atoms with Crippen molar-refractivity contribution in [2.24, 2.45) is 5.73 Å². The third-order valence-electron chi connectivity index (χ3n) is 6.40. The first kappa shape index (κ1) is 25.6. The molecule has 3 aromatic rings. The highest BCUT2D eigenvalue weighted by Crippen LogP contribution is 2.43. The maximum atomic E-state index is 13.0. The van der Waals surface area contributed by atoms with E-state index < -0.39 is 21.9 Å². The third kappa shape index (κ3) is 5.21. The van der Waals surface area contributed by atoms with Crippen LogP contribution in [0.4, 0.5) is 0 Å². The van der Waals surface area contributed by atoms with Crippen LogP contribution in [0.3, 0.4) is 0 Å². The second-order valence-corrected chi connectivity index (χ2v) is 10.6. The smallest absolute Gasteiger partial charge is 0.294 e. The Labute approximate surface area is 212 Å². The van der Waals surface area contributed by atoms with Crippen molar-refractivity contribution >= 4 is 21.6 Å². The van der Waals surface area contributed by atoms with Crippen LogP contribution in [0.25, 0.3) is 5.57 Å². The highest BCUT2D eigenvalue weighted by Gasteiger charge is 2.30. The molecule has 4 rings (SSSR count). The SMILES string of the molecule is Cc1ccc(S(=O)(=O)O)cc1C(C(N)=O)c1cccc2c1C(=CCCN(C)C)c1ccccc1CO2. The topological polar surface area (TPSA) is 110 Å². The van der Waals surface area contributed by atoms with Crippen molar-refractivity contribution in [3.05, 3.63) is 100 Å². The number of hydrogen-bond donors (Lipinski definition) is 2. The summed E-state index contributed by atoms with van der Waals surface area (Å²) in [6, 6.07) is 17.7. The van der Waals surface area contributed by atoms with Crippen molar-refractivity contribution < 1.29 is 22.5 Å². The molecule has 1 aliphatic heterocycles. The summed E-state index contributed by atoms with van der Waals surface area (Å²) in [6.07, 6.45) is 2.91. The van der Waals surface area contributed by atoms with Crippen LogP contribution >= 0.6 is 0 Å². The van der Waals surface area contributed by atoms with Gasteiger partial charge in [0.05, 0.1) is 10.8 Å². The van der Waals surface area contributed by atoms with Gasteiger partial charge in [0.25, 0.3) is 10.1 Å². The highest BCUT2D eigenvalue weighted by atomic mass is 32.2. The maximum Gasteiger partial charge on any atom is 0.294 e. The fourth-order valence-electron chi connectivity index (χ4n) is 4.64. The lowest BCUT2D eigenvalue weighted by molar-refractivity contribution is -0.118. The van der Waals surface area contributed by atoms with Crippen LogP contribution in [0.5, 0.6) is 5.75 Å². The number of hydrogen-bond acceptors (Lipinski definition) is 5. The van der Waals surface area contributed by atoms with Gasteiger partial charge in [-0.05, 0) is 79.0 Å². The molecule has 188 valence electrons. The van der Waals surface area contributed by atoms with Crippen molar-refractivity contribution in [3.8, 4) is 5.75 Å². The molecule has 0 radical (unpaired) electrons. The van der Waals surface area contributed by atoms with Crippen molar-refractivity contribution in [2.75, 3.05) is 20.6 Å². The molecule has 0 saturated heterocycles. The summed E-state index contributed by atoms with van der Waals surface area (Å²) in [5.74, 6) is -0.980. The molecule has 1 aliphatic rings. The van der Waals surface area contributed by atoms with E-state index in [-0.39, 0.29) is 4.90 Å². The van der Waals surface area contributed by atoms with Crippen molar-refractivity contribution in [1.29, 1.82) is 0 Å². The lowest BCUT2D eigenvalue weighted by Gasteiger charge is -2.23. The van der Waals surface area contributed by atoms with Gasteiger partial charge in [-0.1, -0.05) is 48.5 Å². The molecule has 1 amide bonds. The molecule has 0 bridgehead atoms. The Bertz CT molecular complexity index is 1440. The number of benzene rings is 3. The van der Waals surface area contributed by atoms with Gasteiger partial charge in [-0.25, -0.2) is 0 Å². The van der Waals surface area contributed by atoms with Crippen molar-refractivity contribution in [3.63, 3.8) is 0 Å². The minimum atomic E-state index is -4.47. The van der Waals surface area contributed by atoms with Gasteiger partial charge in [-0.3, -0.25) is 9.35 Å². The first-order chi connectivity index (χ1) is 17.1. The summed E-state index contributed by atoms with van der Waals surface area (Å²) in [7, 11) is -0.450. The van der Waals surface area contributed by atoms with E-state index in [4.69, 9.17) is 10.5 Å². The molecule has 36 heavy (non-hydrogen) atoms. The Kier molecular flexibility index (Phi) is 7.31. The third-order valence-corrected chi connectivity index (χ3v) is 7.25. The number of nitrogens with two attached hydrogens (primary N) is 1. The van der Waals surface area contributed by atoms with Crippen LogP contribution in [0.15, 0.2) is 71.6 Å². The summed E-state index contributed by atoms with van der Waals surface area (Å²) < 4.78 is 39.6. The fourth-order valence-corrected chi connectivity index (χ4v) is 5.16. The average molecular weight is 507 g/mol. The molecule has 7 nitrogen and oxygen atoms in total. The second kappa shape index (κ2) is 10.3. The van der Waals surface area contributed by atoms with E-state index in [1.807, 2.05) is 50.5 Å². The first-order valence-corrected chi connectivity index (χ1v) is 13.1. The van der Waals surface area contributed by atoms with E-state index in [0.717, 1.165) is 35.2 Å². The summed E-state index contributed by atoms with van der Waals surface area (Å²) >= 11 is 0. The number of aryl methyl sites for hydroxylation is 1. The number of carbonyl (C=O) groups excluding carboxylic acids is 1. The molecule has 0 aromatic heterocycles. The Morgan fingerprint density at radius 2 is 1.86 bits per heavy atom. The minimum Gasteiger partial charge on any atom is -0.488 e. The Morgan fingerprint density at radius 1 is 1.11 bits per heavy atom. The van der Waals surface area contributed by atoms with Crippen LogP contribution in [-0.4, -0.2) is 44.4 Å². The molecular weight excluding hydrogens is 476 g/mol. The van der Waals surface area contributed by atoms with Gasteiger partial charge in [0.15, 0.2) is 0 Å². The molecule has 3 aromatic carbocycles. The normalized spacial score (nSPS) is 15.1. The number of carbonyl (C=O) groups is 1. The zero-order valence-electron chi connectivity index (χ0n) is 20.6. The first-order valence-electron chi connectivity index (χ1n) is 11.6. The van der Waals surface area contributed by atoms with E-state index in [2.05, 4.69) is 11.0 Å². The molecule has 0 fully saturated rings. The molecule has 0 aliphatic carbocycles. The Balaban J connectivity index is 1.99. The minimum absolute atomic E-state index is 0.292. The number of rotatable bonds is 7. The van der Waals surface area contributed by atoms with E-state index in [0.29, 0.717) is 29.0 Å². The number of amides is 1. The standard InChI is InChI=1S/C28H30N2O5S/c1-18-13-14-20(36(32,33)34)16-24(18)27(28(29)31)23-10-6-12-25-26(23)22(11-7-15-30(2)3)21-9-5-4-8-19(21)17-35-25/h4-6,8-14,16,27H,7,15,17H2,1-3H3,(H2,29,31)(H,32,33,34). The maximum absolute atomic E-state index is 13.0. The number of primary amides is 1. The van der Waals surface area contributed by atoms with E-state index in [1.54, 1.807) is 19.1 Å². The monoisotopic (exact) mass is 506 g/mol. The van der Waals surface area contributed by atoms with Gasteiger partial charge < -0.3 is 15.4 Å². The van der Waals surface area contributed by atoms with E-state index in [9.17, 15) is 17.8 Å². The average Bonchev–Trinajstić information content (AvgIpc) is 2.97. The van der Waals surface area contributed by atoms with E-state index in [1.165, 1.54) is 12.1 Å². The molecule has 1 heterocycles. The van der Waals surface area contributed by atoms with Gasteiger partial charge in [0.1, 0.15) is 12.4 Å². The Hall–Kier alpha value is -3.46. The van der Waals surface area contributed by atoms with Gasteiger partial charge >= 0.3 is 0 Å². The molecular formula is C28H30N2O5S. The Morgan fingerprint density at radius 3 is 2.56 bits per heavy atom. The zero-order valence-corrected chi connectivity index (χ0v) is 21.4. The lowest BCUT2D eigenvalue weighted by atomic mass is 9.81. The van der Waals surface area contributed by atoms with Crippen LogP contribution < -0.4 is 10.5 Å². The lowest BCUT2D eigenvalue weighted by Crippen LogP contribution is -2.24. The molecule has 3 N–H and O–H groups in total. The van der Waals surface area contributed by atoms with Gasteiger partial charge in [-0.15, -0.1) is 0 Å². The summed E-state index contributed by atoms with van der Waals surface area (Å²) in [5, 5.41) is 0. The van der Waals surface area contributed by atoms with Crippen molar-refractivity contribution in [2.45, 2.75) is 30.8 Å². The zero-order chi connectivity index (χ0) is 26.0. The molecule has 0 saturated carbocycles. The molecule has 1 unspecified atom stereocenters. The van der Waals surface area contributed by atoms with Crippen LogP contribution in [0.1, 0.15) is 45.7 Å². The summed E-state index contributed by atoms with van der Waals surface area (Å²) in [6.45, 7) is 2.98. The predicted molar refractivity (Wildman–Crippen MR) is 139 cm³/mol. The van der Waals surface area contributed by atoms with Crippen LogP contribution in [-0.2, 0) is 21.5 Å². The van der Waals surface area contributed by atoms with Gasteiger partial charge in [0.2, 0.25) is 5.91 Å². The number of nitrogens with zero attached hydrogens (tertiary/aromatic N) is 1. The number of ether oxygens (including phenoxy) is 1. The second-order valence-electron chi connectivity index (χ2n) is 9.20. The highest BCUT2D eigenvalue weighted by molar-refractivity contribution is 7.85. The van der Waals surface area contributed by atoms with E-state index >= 15 is 0 Å². The quantitative estimate of drug-likeness (QED) is 0.466. The van der Waals surface area contributed by atoms with Crippen molar-refractivity contribution in [1.82, 2.24) is 4.90 Å². The molecule has 1 atom stereocenters. The predicted octanol–water partition coefficient (Wildman–Crippen LogP) is 4.13.